The quantitative estimate of drug-likeness (QED) is 0.316. The Labute approximate surface area is 210 Å². The molecular formula is C27H18Cl2N4O2. The van der Waals surface area contributed by atoms with E-state index in [-0.39, 0.29) is 12.2 Å². The highest BCUT2D eigenvalue weighted by molar-refractivity contribution is 6.36. The SMILES string of the molecule is Cc1c(-c2ccc(C#N)cc2)nc2c(-c3ccc(Cl)cc3Cl)c(-c3cccc(CO)c3)[nH]n2c1=O. The molecule has 5 aromatic rings. The lowest BCUT2D eigenvalue weighted by Gasteiger charge is -2.09. The molecule has 172 valence electrons. The van der Waals surface area contributed by atoms with Gasteiger partial charge in [-0.2, -0.15) is 5.26 Å². The van der Waals surface area contributed by atoms with Crippen LogP contribution in [-0.4, -0.2) is 19.7 Å². The maximum Gasteiger partial charge on any atom is 0.276 e. The molecule has 0 fully saturated rings. The van der Waals surface area contributed by atoms with Gasteiger partial charge in [-0.25, -0.2) is 9.50 Å². The highest BCUT2D eigenvalue weighted by Crippen LogP contribution is 2.39. The average molecular weight is 501 g/mol. The molecule has 5 rings (SSSR count). The van der Waals surface area contributed by atoms with Gasteiger partial charge in [0.1, 0.15) is 0 Å². The van der Waals surface area contributed by atoms with Gasteiger partial charge in [-0.15, -0.1) is 0 Å². The molecule has 0 saturated heterocycles. The summed E-state index contributed by atoms with van der Waals surface area (Å²) in [6.45, 7) is 1.60. The van der Waals surface area contributed by atoms with Crippen LogP contribution in [0, 0.1) is 18.3 Å². The third-order valence-electron chi connectivity index (χ3n) is 5.89. The van der Waals surface area contributed by atoms with E-state index in [0.29, 0.717) is 49.3 Å². The first-order valence-corrected chi connectivity index (χ1v) is 11.5. The van der Waals surface area contributed by atoms with Crippen molar-refractivity contribution in [3.63, 3.8) is 0 Å². The van der Waals surface area contributed by atoms with Gasteiger partial charge in [-0.1, -0.05) is 59.6 Å². The number of aromatic amines is 1. The number of benzene rings is 3. The van der Waals surface area contributed by atoms with E-state index >= 15 is 0 Å². The maximum atomic E-state index is 13.5. The highest BCUT2D eigenvalue weighted by atomic mass is 35.5. The molecule has 2 aromatic heterocycles. The smallest absolute Gasteiger partial charge is 0.276 e. The lowest BCUT2D eigenvalue weighted by atomic mass is 9.99. The van der Waals surface area contributed by atoms with Crippen molar-refractivity contribution in [3.05, 3.63) is 104 Å². The second-order valence-electron chi connectivity index (χ2n) is 8.08. The van der Waals surface area contributed by atoms with Crippen molar-refractivity contribution in [3.8, 4) is 39.7 Å². The molecule has 0 saturated carbocycles. The minimum atomic E-state index is -0.259. The zero-order valence-electron chi connectivity index (χ0n) is 18.5. The van der Waals surface area contributed by atoms with E-state index in [9.17, 15) is 9.90 Å². The number of nitrogens with one attached hydrogen (secondary N) is 1. The van der Waals surface area contributed by atoms with Crippen LogP contribution < -0.4 is 5.56 Å². The van der Waals surface area contributed by atoms with Crippen molar-refractivity contribution in [1.29, 1.82) is 5.26 Å². The molecule has 0 aliphatic carbocycles. The summed E-state index contributed by atoms with van der Waals surface area (Å²) in [6, 6.07) is 21.6. The number of nitriles is 1. The Morgan fingerprint density at radius 1 is 1.06 bits per heavy atom. The van der Waals surface area contributed by atoms with E-state index in [1.165, 1.54) is 4.52 Å². The predicted molar refractivity (Wildman–Crippen MR) is 138 cm³/mol. The summed E-state index contributed by atoms with van der Waals surface area (Å²) >= 11 is 12.8. The predicted octanol–water partition coefficient (Wildman–Crippen LogP) is 6.00. The van der Waals surface area contributed by atoms with Crippen molar-refractivity contribution in [1.82, 2.24) is 14.6 Å². The highest BCUT2D eigenvalue weighted by Gasteiger charge is 2.22. The second-order valence-corrected chi connectivity index (χ2v) is 8.93. The molecule has 2 N–H and O–H groups in total. The standard InChI is InChI=1S/C27H18Cl2N4O2/c1-15-24(18-7-5-16(13-30)6-8-18)31-26-23(21-10-9-20(28)12-22(21)29)25(32-33(26)27(15)35)19-4-2-3-17(11-19)14-34/h2-12,32,34H,14H2,1H3. The van der Waals surface area contributed by atoms with Crippen LogP contribution in [-0.2, 0) is 6.61 Å². The molecule has 0 aliphatic rings. The normalized spacial score (nSPS) is 11.1. The number of halogens is 2. The fourth-order valence-electron chi connectivity index (χ4n) is 4.12. The van der Waals surface area contributed by atoms with Crippen LogP contribution in [0.2, 0.25) is 10.0 Å². The van der Waals surface area contributed by atoms with Crippen LogP contribution in [0.4, 0.5) is 0 Å². The Morgan fingerprint density at radius 2 is 1.83 bits per heavy atom. The summed E-state index contributed by atoms with van der Waals surface area (Å²) in [4.78, 5) is 18.4. The van der Waals surface area contributed by atoms with Crippen LogP contribution in [0.1, 0.15) is 16.7 Å². The van der Waals surface area contributed by atoms with Crippen LogP contribution in [0.25, 0.3) is 39.3 Å². The van der Waals surface area contributed by atoms with Gasteiger partial charge in [0.05, 0.1) is 40.2 Å². The van der Waals surface area contributed by atoms with Gasteiger partial charge in [0.15, 0.2) is 5.65 Å². The number of rotatable bonds is 4. The molecule has 0 spiro atoms. The van der Waals surface area contributed by atoms with Crippen LogP contribution in [0.15, 0.2) is 71.5 Å². The summed E-state index contributed by atoms with van der Waals surface area (Å²) < 4.78 is 1.41. The Balaban J connectivity index is 1.87. The van der Waals surface area contributed by atoms with Gasteiger partial charge in [-0.05, 0) is 42.8 Å². The summed E-state index contributed by atoms with van der Waals surface area (Å²) in [5.41, 5.74) is 5.76. The molecule has 8 heteroatoms. The van der Waals surface area contributed by atoms with Crippen molar-refractivity contribution in [2.45, 2.75) is 13.5 Å². The maximum absolute atomic E-state index is 13.5. The number of aliphatic hydroxyl groups excluding tert-OH is 1. The van der Waals surface area contributed by atoms with Gasteiger partial charge < -0.3 is 5.11 Å². The van der Waals surface area contributed by atoms with Crippen molar-refractivity contribution < 1.29 is 5.11 Å². The third kappa shape index (κ3) is 4.00. The minimum Gasteiger partial charge on any atom is -0.392 e. The summed E-state index contributed by atoms with van der Waals surface area (Å²) in [6.07, 6.45) is 0. The number of H-pyrrole nitrogens is 1. The summed E-state index contributed by atoms with van der Waals surface area (Å²) in [7, 11) is 0. The molecule has 3 aromatic carbocycles. The van der Waals surface area contributed by atoms with Crippen LogP contribution >= 0.6 is 23.2 Å². The number of aliphatic hydroxyl groups is 1. The van der Waals surface area contributed by atoms with E-state index in [1.807, 2.05) is 24.3 Å². The van der Waals surface area contributed by atoms with E-state index in [4.69, 9.17) is 33.4 Å². The van der Waals surface area contributed by atoms with E-state index in [2.05, 4.69) is 11.2 Å². The third-order valence-corrected chi connectivity index (χ3v) is 6.44. The Morgan fingerprint density at radius 3 is 2.51 bits per heavy atom. The van der Waals surface area contributed by atoms with E-state index in [0.717, 1.165) is 16.7 Å². The molecule has 0 amide bonds. The van der Waals surface area contributed by atoms with Gasteiger partial charge in [0.25, 0.3) is 5.56 Å². The molecule has 0 radical (unpaired) electrons. The summed E-state index contributed by atoms with van der Waals surface area (Å²) in [5, 5.41) is 22.9. The van der Waals surface area contributed by atoms with Gasteiger partial charge in [0, 0.05) is 27.3 Å². The first-order valence-electron chi connectivity index (χ1n) is 10.7. The second kappa shape index (κ2) is 9.05. The molecule has 6 nitrogen and oxygen atoms in total. The number of hydrogen-bond acceptors (Lipinski definition) is 4. The number of fused-ring (bicyclic) bond motifs is 1. The largest absolute Gasteiger partial charge is 0.392 e. The minimum absolute atomic E-state index is 0.120. The molecule has 0 unspecified atom stereocenters. The fraction of sp³-hybridized carbons (Fsp3) is 0.0741. The molecule has 0 aliphatic heterocycles. The lowest BCUT2D eigenvalue weighted by molar-refractivity contribution is 0.282. The lowest BCUT2D eigenvalue weighted by Crippen LogP contribution is -2.19. The zero-order valence-corrected chi connectivity index (χ0v) is 20.0. The Hall–Kier alpha value is -3.89. The van der Waals surface area contributed by atoms with Crippen molar-refractivity contribution in [2.24, 2.45) is 0 Å². The van der Waals surface area contributed by atoms with Crippen LogP contribution in [0.5, 0.6) is 0 Å². The Kier molecular flexibility index (Phi) is 5.91. The average Bonchev–Trinajstić information content (AvgIpc) is 3.26. The van der Waals surface area contributed by atoms with Crippen LogP contribution in [0.3, 0.4) is 0 Å². The molecule has 35 heavy (non-hydrogen) atoms. The monoisotopic (exact) mass is 500 g/mol. The first-order chi connectivity index (χ1) is 16.9. The molecule has 0 bridgehead atoms. The van der Waals surface area contributed by atoms with E-state index in [1.54, 1.807) is 49.4 Å². The zero-order chi connectivity index (χ0) is 24.7. The van der Waals surface area contributed by atoms with E-state index < -0.39 is 0 Å². The molecule has 0 atom stereocenters. The number of aromatic nitrogens is 3. The van der Waals surface area contributed by atoms with Gasteiger partial charge in [-0.3, -0.25) is 9.89 Å². The molecular weight excluding hydrogens is 483 g/mol. The fourth-order valence-corrected chi connectivity index (χ4v) is 4.62. The van der Waals surface area contributed by atoms with Gasteiger partial charge in [0.2, 0.25) is 0 Å². The first kappa shape index (κ1) is 22.9. The van der Waals surface area contributed by atoms with Crippen molar-refractivity contribution in [2.75, 3.05) is 0 Å². The van der Waals surface area contributed by atoms with Gasteiger partial charge >= 0.3 is 0 Å². The topological polar surface area (TPSA) is 94.2 Å². The number of hydrogen-bond donors (Lipinski definition) is 2. The van der Waals surface area contributed by atoms with Crippen molar-refractivity contribution >= 4 is 28.8 Å². The summed E-state index contributed by atoms with van der Waals surface area (Å²) in [5.74, 6) is 0. The number of nitrogens with zero attached hydrogens (tertiary/aromatic N) is 3. The molecule has 2 heterocycles. The Bertz CT molecular complexity index is 1700.